The minimum Gasteiger partial charge on any atom is -0.461 e. The predicted octanol–water partition coefficient (Wildman–Crippen LogP) is 1.89. The number of rotatable bonds is 6. The molecule has 28 heavy (non-hydrogen) atoms. The van der Waals surface area contributed by atoms with Crippen LogP contribution >= 0.6 is 0 Å². The Bertz CT molecular complexity index is 780. The van der Waals surface area contributed by atoms with Crippen LogP contribution in [-0.4, -0.2) is 49.9 Å². The van der Waals surface area contributed by atoms with Gasteiger partial charge in [0.05, 0.1) is 18.1 Å². The van der Waals surface area contributed by atoms with Crippen molar-refractivity contribution in [3.63, 3.8) is 0 Å². The van der Waals surface area contributed by atoms with Crippen LogP contribution in [0.15, 0.2) is 49.1 Å². The van der Waals surface area contributed by atoms with Crippen molar-refractivity contribution < 1.29 is 33.3 Å². The Morgan fingerprint density at radius 1 is 1.29 bits per heavy atom. The van der Waals surface area contributed by atoms with E-state index in [1.807, 2.05) is 0 Å². The minimum absolute atomic E-state index is 0.0419. The predicted molar refractivity (Wildman–Crippen MR) is 98.9 cm³/mol. The fourth-order valence-corrected chi connectivity index (χ4v) is 4.28. The van der Waals surface area contributed by atoms with Crippen LogP contribution in [0.5, 0.6) is 0 Å². The molecule has 0 aromatic carbocycles. The molecule has 1 saturated carbocycles. The lowest BCUT2D eigenvalue weighted by molar-refractivity contribution is -0.176. The molecule has 0 aromatic heterocycles. The molecule has 150 valence electrons. The van der Waals surface area contributed by atoms with E-state index in [-0.39, 0.29) is 36.4 Å². The molecule has 0 bridgehead atoms. The number of carbonyl (C=O) groups is 3. The largest absolute Gasteiger partial charge is 0.461 e. The van der Waals surface area contributed by atoms with Gasteiger partial charge in [-0.3, -0.25) is 0 Å². The van der Waals surface area contributed by atoms with Crippen molar-refractivity contribution in [3.8, 4) is 0 Å². The fraction of sp³-hybridized carbons (Fsp3) is 0.476. The van der Waals surface area contributed by atoms with Gasteiger partial charge in [-0.25, -0.2) is 14.4 Å². The second-order valence-corrected chi connectivity index (χ2v) is 7.33. The first-order valence-electron chi connectivity index (χ1n) is 9.11. The third-order valence-corrected chi connectivity index (χ3v) is 5.73. The van der Waals surface area contributed by atoms with Crippen molar-refractivity contribution in [1.29, 1.82) is 0 Å². The molecule has 0 N–H and O–H groups in total. The quantitative estimate of drug-likeness (QED) is 0.297. The van der Waals surface area contributed by atoms with Gasteiger partial charge in [0.2, 0.25) is 0 Å². The first kappa shape index (κ1) is 20.1. The Kier molecular flexibility index (Phi) is 5.30. The molecular weight excluding hydrogens is 364 g/mol. The summed E-state index contributed by atoms with van der Waals surface area (Å²) in [6, 6.07) is 0. The fourth-order valence-electron chi connectivity index (χ4n) is 4.28. The van der Waals surface area contributed by atoms with Crippen molar-refractivity contribution in [1.82, 2.24) is 0 Å². The van der Waals surface area contributed by atoms with Crippen molar-refractivity contribution in [2.24, 2.45) is 17.3 Å². The maximum atomic E-state index is 12.5. The molecule has 7 heteroatoms. The van der Waals surface area contributed by atoms with E-state index >= 15 is 0 Å². The number of esters is 3. The summed E-state index contributed by atoms with van der Waals surface area (Å²) in [4.78, 5) is 36.8. The standard InChI is InChI=1S/C21H24O7/c1-6-21-8-14(27-18(22)11(3)9-25-7-2)15-12(4)20(24)28-17(15)16(21)13(5)19(23)26-10-21/h6,14-17H,1,3-5,7-10H2,2H3/t14-,15+,16+,17-,21+/m0/s1. The zero-order chi connectivity index (χ0) is 20.6. The van der Waals surface area contributed by atoms with E-state index in [1.54, 1.807) is 13.0 Å². The summed E-state index contributed by atoms with van der Waals surface area (Å²) in [6.45, 7) is 17.6. The third-order valence-electron chi connectivity index (χ3n) is 5.73. The molecule has 2 heterocycles. The molecule has 3 fully saturated rings. The van der Waals surface area contributed by atoms with E-state index < -0.39 is 47.4 Å². The summed E-state index contributed by atoms with van der Waals surface area (Å²) in [6.07, 6.45) is 0.507. The third kappa shape index (κ3) is 3.09. The summed E-state index contributed by atoms with van der Waals surface area (Å²) in [5.74, 6) is -2.82. The zero-order valence-electron chi connectivity index (χ0n) is 15.9. The van der Waals surface area contributed by atoms with Crippen LogP contribution in [0.3, 0.4) is 0 Å². The van der Waals surface area contributed by atoms with Crippen LogP contribution < -0.4 is 0 Å². The molecule has 3 rings (SSSR count). The second-order valence-electron chi connectivity index (χ2n) is 7.33. The number of ether oxygens (including phenoxy) is 4. The van der Waals surface area contributed by atoms with Gasteiger partial charge in [0.15, 0.2) is 0 Å². The summed E-state index contributed by atoms with van der Waals surface area (Å²) in [5.41, 5.74) is -0.163. The number of fused-ring (bicyclic) bond motifs is 3. The molecule has 0 spiro atoms. The maximum Gasteiger partial charge on any atom is 0.336 e. The summed E-state index contributed by atoms with van der Waals surface area (Å²) in [5, 5.41) is 0. The molecule has 0 unspecified atom stereocenters. The van der Waals surface area contributed by atoms with Gasteiger partial charge in [-0.05, 0) is 13.3 Å². The summed E-state index contributed by atoms with van der Waals surface area (Å²) in [7, 11) is 0. The van der Waals surface area contributed by atoms with E-state index in [1.165, 1.54) is 0 Å². The Morgan fingerprint density at radius 2 is 2.00 bits per heavy atom. The molecule has 5 atom stereocenters. The number of cyclic esters (lactones) is 1. The van der Waals surface area contributed by atoms with Crippen molar-refractivity contribution in [2.75, 3.05) is 19.8 Å². The molecule has 0 radical (unpaired) electrons. The monoisotopic (exact) mass is 388 g/mol. The van der Waals surface area contributed by atoms with Gasteiger partial charge in [0.25, 0.3) is 0 Å². The van der Waals surface area contributed by atoms with Gasteiger partial charge in [0, 0.05) is 29.1 Å². The highest BCUT2D eigenvalue weighted by molar-refractivity contribution is 5.93. The van der Waals surface area contributed by atoms with E-state index in [0.717, 1.165) is 0 Å². The van der Waals surface area contributed by atoms with Crippen molar-refractivity contribution in [3.05, 3.63) is 49.1 Å². The molecule has 7 nitrogen and oxygen atoms in total. The lowest BCUT2D eigenvalue weighted by atomic mass is 9.57. The summed E-state index contributed by atoms with van der Waals surface area (Å²) < 4.78 is 21.7. The number of carbonyl (C=O) groups excluding carboxylic acids is 3. The van der Waals surface area contributed by atoms with Crippen LogP contribution in [0.4, 0.5) is 0 Å². The van der Waals surface area contributed by atoms with Crippen LogP contribution in [0, 0.1) is 17.3 Å². The minimum atomic E-state index is -0.761. The van der Waals surface area contributed by atoms with E-state index in [4.69, 9.17) is 18.9 Å². The lowest BCUT2D eigenvalue weighted by Gasteiger charge is -2.51. The first-order valence-corrected chi connectivity index (χ1v) is 9.11. The Hall–Kier alpha value is -2.67. The van der Waals surface area contributed by atoms with E-state index in [9.17, 15) is 14.4 Å². The highest BCUT2D eigenvalue weighted by Crippen LogP contribution is 2.55. The molecule has 2 saturated heterocycles. The number of hydrogen-bond acceptors (Lipinski definition) is 7. The maximum absolute atomic E-state index is 12.5. The van der Waals surface area contributed by atoms with E-state index in [2.05, 4.69) is 26.3 Å². The van der Waals surface area contributed by atoms with Gasteiger partial charge < -0.3 is 18.9 Å². The van der Waals surface area contributed by atoms with Crippen molar-refractivity contribution in [2.45, 2.75) is 25.6 Å². The van der Waals surface area contributed by atoms with Crippen LogP contribution in [0.2, 0.25) is 0 Å². The number of hydrogen-bond donors (Lipinski definition) is 0. The SMILES string of the molecule is C=C[C@@]12COC(=O)C(=C)[C@@H]1[C@H]1OC(=O)C(=C)[C@@H]1[C@@H](OC(=O)C(=C)COCC)C2. The first-order chi connectivity index (χ1) is 13.3. The lowest BCUT2D eigenvalue weighted by Crippen LogP contribution is -2.57. The smallest absolute Gasteiger partial charge is 0.336 e. The highest BCUT2D eigenvalue weighted by Gasteiger charge is 2.62. The normalized spacial score (nSPS) is 34.0. The van der Waals surface area contributed by atoms with Gasteiger partial charge in [-0.2, -0.15) is 0 Å². The Balaban J connectivity index is 1.93. The summed E-state index contributed by atoms with van der Waals surface area (Å²) >= 11 is 0. The van der Waals surface area contributed by atoms with Gasteiger partial charge in [0.1, 0.15) is 18.8 Å². The topological polar surface area (TPSA) is 88.1 Å². The molecule has 0 amide bonds. The molecule has 1 aliphatic carbocycles. The molecule has 0 aromatic rings. The van der Waals surface area contributed by atoms with Gasteiger partial charge >= 0.3 is 17.9 Å². The second kappa shape index (κ2) is 7.39. The Labute approximate surface area is 163 Å². The van der Waals surface area contributed by atoms with Gasteiger partial charge in [-0.15, -0.1) is 6.58 Å². The van der Waals surface area contributed by atoms with Crippen molar-refractivity contribution >= 4 is 17.9 Å². The zero-order valence-corrected chi connectivity index (χ0v) is 15.9. The Morgan fingerprint density at radius 3 is 2.64 bits per heavy atom. The van der Waals surface area contributed by atoms with E-state index in [0.29, 0.717) is 6.61 Å². The average molecular weight is 388 g/mol. The molecule has 2 aliphatic heterocycles. The highest BCUT2D eigenvalue weighted by atomic mass is 16.6. The van der Waals surface area contributed by atoms with Crippen LogP contribution in [0.1, 0.15) is 13.3 Å². The average Bonchev–Trinajstić information content (AvgIpc) is 2.97. The van der Waals surface area contributed by atoms with Crippen LogP contribution in [0.25, 0.3) is 0 Å². The molecular formula is C21H24O7. The molecule has 3 aliphatic rings. The van der Waals surface area contributed by atoms with Gasteiger partial charge in [-0.1, -0.05) is 25.8 Å². The van der Waals surface area contributed by atoms with Crippen LogP contribution in [-0.2, 0) is 33.3 Å².